The number of rotatable bonds is 2. The van der Waals surface area contributed by atoms with Gasteiger partial charge in [0, 0.05) is 17.9 Å². The van der Waals surface area contributed by atoms with Gasteiger partial charge in [-0.2, -0.15) is 14.3 Å². The largest absolute Gasteiger partial charge is 0.506 e. The number of carbonyl (C=O) groups is 1. The maximum Gasteiger partial charge on any atom is 0.226 e. The average Bonchev–Trinajstić information content (AvgIpc) is 3.27. The van der Waals surface area contributed by atoms with Crippen LogP contribution >= 0.6 is 11.6 Å². The van der Waals surface area contributed by atoms with E-state index in [9.17, 15) is 9.90 Å². The van der Waals surface area contributed by atoms with Crippen molar-refractivity contribution in [2.45, 2.75) is 19.3 Å². The molecular formula is C18H14ClN7O2. The zero-order valence-electron chi connectivity index (χ0n) is 14.7. The van der Waals surface area contributed by atoms with E-state index in [1.165, 1.54) is 12.4 Å². The molecule has 140 valence electrons. The Kier molecular flexibility index (Phi) is 3.59. The summed E-state index contributed by atoms with van der Waals surface area (Å²) in [4.78, 5) is 12.4. The summed E-state index contributed by atoms with van der Waals surface area (Å²) in [5, 5.41) is 29.7. The Balaban J connectivity index is 1.67. The Labute approximate surface area is 163 Å². The molecule has 4 aromatic rings. The number of aryl methyl sites for hydroxylation is 1. The third-order valence-corrected chi connectivity index (χ3v) is 5.14. The van der Waals surface area contributed by atoms with Gasteiger partial charge in [-0.3, -0.25) is 4.79 Å². The third-order valence-electron chi connectivity index (χ3n) is 4.84. The third kappa shape index (κ3) is 2.51. The van der Waals surface area contributed by atoms with Crippen molar-refractivity contribution >= 4 is 29.0 Å². The summed E-state index contributed by atoms with van der Waals surface area (Å²) in [5.41, 5.74) is 3.12. The van der Waals surface area contributed by atoms with Gasteiger partial charge in [-0.15, -0.1) is 15.3 Å². The average molecular weight is 396 g/mol. The standard InChI is InChI=1S/C18H14ClN7O2/c1-9-17-11(10-2-3-13(27)12(19)6-10)7-16(28)21-18(17)26(23-9)15-5-4-14-22-20-8-25(14)24-15/h2-6,8,11,27H,7H2,1H3,(H,21,28)/t11-/m0/s1. The lowest BCUT2D eigenvalue weighted by molar-refractivity contribution is -0.116. The van der Waals surface area contributed by atoms with Crippen LogP contribution in [0.5, 0.6) is 5.75 Å². The van der Waals surface area contributed by atoms with Gasteiger partial charge < -0.3 is 10.4 Å². The minimum Gasteiger partial charge on any atom is -0.506 e. The zero-order chi connectivity index (χ0) is 19.4. The second kappa shape index (κ2) is 6.03. The number of aromatic nitrogens is 6. The predicted octanol–water partition coefficient (Wildman–Crippen LogP) is 2.45. The molecule has 1 aromatic carbocycles. The van der Waals surface area contributed by atoms with Crippen molar-refractivity contribution in [2.75, 3.05) is 5.32 Å². The lowest BCUT2D eigenvalue weighted by Crippen LogP contribution is -2.25. The highest BCUT2D eigenvalue weighted by molar-refractivity contribution is 6.32. The first-order chi connectivity index (χ1) is 13.5. The fourth-order valence-corrected chi connectivity index (χ4v) is 3.76. The first kappa shape index (κ1) is 16.7. The lowest BCUT2D eigenvalue weighted by Gasteiger charge is -2.24. The van der Waals surface area contributed by atoms with Gasteiger partial charge in [-0.05, 0) is 36.8 Å². The smallest absolute Gasteiger partial charge is 0.226 e. The Morgan fingerprint density at radius 3 is 2.93 bits per heavy atom. The number of phenolic OH excluding ortho intramolecular Hbond substituents is 1. The highest BCUT2D eigenvalue weighted by Gasteiger charge is 2.33. The molecule has 3 aromatic heterocycles. The maximum absolute atomic E-state index is 12.4. The number of anilines is 1. The molecular weight excluding hydrogens is 382 g/mol. The second-order valence-electron chi connectivity index (χ2n) is 6.60. The van der Waals surface area contributed by atoms with Crippen LogP contribution in [-0.4, -0.2) is 40.6 Å². The maximum atomic E-state index is 12.4. The Morgan fingerprint density at radius 2 is 2.11 bits per heavy atom. The van der Waals surface area contributed by atoms with Crippen molar-refractivity contribution in [3.63, 3.8) is 0 Å². The van der Waals surface area contributed by atoms with Gasteiger partial charge in [0.15, 0.2) is 11.5 Å². The normalized spacial score (nSPS) is 16.2. The van der Waals surface area contributed by atoms with E-state index in [4.69, 9.17) is 11.6 Å². The van der Waals surface area contributed by atoms with Gasteiger partial charge in [0.25, 0.3) is 0 Å². The molecule has 2 N–H and O–H groups in total. The Morgan fingerprint density at radius 1 is 1.25 bits per heavy atom. The van der Waals surface area contributed by atoms with Crippen LogP contribution < -0.4 is 5.32 Å². The van der Waals surface area contributed by atoms with Gasteiger partial charge in [-0.1, -0.05) is 17.7 Å². The van der Waals surface area contributed by atoms with Gasteiger partial charge in [-0.25, -0.2) is 0 Å². The van der Waals surface area contributed by atoms with Crippen LogP contribution in [0.4, 0.5) is 5.82 Å². The van der Waals surface area contributed by atoms with Crippen LogP contribution in [0.3, 0.4) is 0 Å². The number of fused-ring (bicyclic) bond motifs is 2. The molecule has 0 saturated carbocycles. The van der Waals surface area contributed by atoms with Crippen LogP contribution in [0.25, 0.3) is 11.5 Å². The summed E-state index contributed by atoms with van der Waals surface area (Å²) < 4.78 is 3.15. The van der Waals surface area contributed by atoms with E-state index < -0.39 is 0 Å². The van der Waals surface area contributed by atoms with Gasteiger partial charge in [0.05, 0.1) is 10.7 Å². The number of hydrogen-bond acceptors (Lipinski definition) is 6. The topological polar surface area (TPSA) is 110 Å². The molecule has 9 nitrogen and oxygen atoms in total. The molecule has 1 atom stereocenters. The molecule has 0 aliphatic carbocycles. The summed E-state index contributed by atoms with van der Waals surface area (Å²) in [6, 6.07) is 8.53. The number of benzene rings is 1. The predicted molar refractivity (Wildman–Crippen MR) is 101 cm³/mol. The highest BCUT2D eigenvalue weighted by Crippen LogP contribution is 2.41. The zero-order valence-corrected chi connectivity index (χ0v) is 15.4. The molecule has 1 aliphatic rings. The van der Waals surface area contributed by atoms with Gasteiger partial charge >= 0.3 is 0 Å². The van der Waals surface area contributed by atoms with Gasteiger partial charge in [0.1, 0.15) is 17.9 Å². The van der Waals surface area contributed by atoms with Crippen LogP contribution in [0, 0.1) is 6.92 Å². The Bertz CT molecular complexity index is 1250. The van der Waals surface area contributed by atoms with E-state index in [0.717, 1.165) is 16.8 Å². The summed E-state index contributed by atoms with van der Waals surface area (Å²) >= 11 is 6.09. The molecule has 0 saturated heterocycles. The van der Waals surface area contributed by atoms with Crippen molar-refractivity contribution in [1.29, 1.82) is 0 Å². The van der Waals surface area contributed by atoms with Crippen LogP contribution in [0.2, 0.25) is 5.02 Å². The molecule has 28 heavy (non-hydrogen) atoms. The van der Waals surface area contributed by atoms with E-state index in [2.05, 4.69) is 25.7 Å². The molecule has 4 heterocycles. The summed E-state index contributed by atoms with van der Waals surface area (Å²) in [6.07, 6.45) is 1.76. The van der Waals surface area contributed by atoms with E-state index in [1.807, 2.05) is 6.92 Å². The molecule has 1 aliphatic heterocycles. The van der Waals surface area contributed by atoms with Crippen LogP contribution in [0.1, 0.15) is 29.2 Å². The fraction of sp³-hybridized carbons (Fsp3) is 0.167. The van der Waals surface area contributed by atoms with E-state index in [1.54, 1.807) is 33.5 Å². The molecule has 1 amide bonds. The number of hydrogen-bond donors (Lipinski definition) is 2. The molecule has 0 fully saturated rings. The first-order valence-electron chi connectivity index (χ1n) is 8.56. The van der Waals surface area contributed by atoms with E-state index in [0.29, 0.717) is 17.3 Å². The minimum absolute atomic E-state index is 0.00441. The number of carbonyl (C=O) groups excluding carboxylic acids is 1. The number of aromatic hydroxyl groups is 1. The number of halogens is 1. The van der Waals surface area contributed by atoms with Crippen molar-refractivity contribution in [1.82, 2.24) is 29.6 Å². The summed E-state index contributed by atoms with van der Waals surface area (Å²) in [5.74, 6) is 0.747. The molecule has 0 unspecified atom stereocenters. The second-order valence-corrected chi connectivity index (χ2v) is 7.01. The minimum atomic E-state index is -0.228. The highest BCUT2D eigenvalue weighted by atomic mass is 35.5. The molecule has 0 bridgehead atoms. The monoisotopic (exact) mass is 395 g/mol. The summed E-state index contributed by atoms with van der Waals surface area (Å²) in [6.45, 7) is 1.89. The number of nitrogens with one attached hydrogen (secondary N) is 1. The number of nitrogens with zero attached hydrogens (tertiary/aromatic N) is 6. The Hall–Kier alpha value is -3.46. The molecule has 10 heteroatoms. The molecule has 0 radical (unpaired) electrons. The molecule has 0 spiro atoms. The SMILES string of the molecule is Cc1nn(-c2ccc3nncn3n2)c2c1[C@H](c1ccc(O)c(Cl)c1)CC(=O)N2. The van der Waals surface area contributed by atoms with E-state index >= 15 is 0 Å². The van der Waals surface area contributed by atoms with Crippen LogP contribution in [0.15, 0.2) is 36.7 Å². The lowest BCUT2D eigenvalue weighted by atomic mass is 9.86. The van der Waals surface area contributed by atoms with Crippen molar-refractivity contribution < 1.29 is 9.90 Å². The van der Waals surface area contributed by atoms with Crippen molar-refractivity contribution in [2.24, 2.45) is 0 Å². The van der Waals surface area contributed by atoms with Crippen molar-refractivity contribution in [3.05, 3.63) is 58.5 Å². The quantitative estimate of drug-likeness (QED) is 0.539. The number of phenols is 1. The van der Waals surface area contributed by atoms with E-state index in [-0.39, 0.29) is 29.0 Å². The van der Waals surface area contributed by atoms with Crippen molar-refractivity contribution in [3.8, 4) is 11.6 Å². The first-order valence-corrected chi connectivity index (χ1v) is 8.94. The summed E-state index contributed by atoms with van der Waals surface area (Å²) in [7, 11) is 0. The van der Waals surface area contributed by atoms with Gasteiger partial charge in [0.2, 0.25) is 5.91 Å². The number of amides is 1. The van der Waals surface area contributed by atoms with Crippen LogP contribution in [-0.2, 0) is 4.79 Å². The molecule has 5 rings (SSSR count). The fourth-order valence-electron chi connectivity index (χ4n) is 3.57.